The Morgan fingerprint density at radius 3 is 2.19 bits per heavy atom. The Kier molecular flexibility index (Phi) is 4.42. The van der Waals surface area contributed by atoms with Crippen molar-refractivity contribution in [3.63, 3.8) is 0 Å². The molecule has 0 aliphatic heterocycles. The lowest BCUT2D eigenvalue weighted by Gasteiger charge is -2.18. The van der Waals surface area contributed by atoms with Gasteiger partial charge in [0.05, 0.1) is 10.5 Å². The predicted molar refractivity (Wildman–Crippen MR) is 113 cm³/mol. The monoisotopic (exact) mass is 371 g/mol. The molecule has 0 aromatic heterocycles. The minimum atomic E-state index is -0.323. The van der Waals surface area contributed by atoms with Gasteiger partial charge in [0.1, 0.15) is 0 Å². The molecule has 0 amide bonds. The molecule has 0 fully saturated rings. The van der Waals surface area contributed by atoms with Gasteiger partial charge in [-0.25, -0.2) is 0 Å². The van der Waals surface area contributed by atoms with Crippen LogP contribution in [0.25, 0.3) is 33.0 Å². The maximum absolute atomic E-state index is 11.6. The fourth-order valence-electron chi connectivity index (χ4n) is 3.63. The second-order valence-electron chi connectivity index (χ2n) is 6.44. The number of fused-ring (bicyclic) bond motifs is 1. The number of hydrogen-bond acceptors (Lipinski definition) is 3. The number of hydrogen-bond donors (Lipinski definition) is 1. The molecule has 132 valence electrons. The van der Waals surface area contributed by atoms with Gasteiger partial charge in [0.2, 0.25) is 0 Å². The SMILES string of the molecule is Cc1c(-c2ccccc2S)c(-c2ccccc2[N+](=O)[O-])cc2ccccc12. The van der Waals surface area contributed by atoms with Crippen molar-refractivity contribution in [1.82, 2.24) is 0 Å². The van der Waals surface area contributed by atoms with E-state index in [0.717, 1.165) is 37.9 Å². The summed E-state index contributed by atoms with van der Waals surface area (Å²) in [6, 6.07) is 24.9. The van der Waals surface area contributed by atoms with Gasteiger partial charge in [0, 0.05) is 11.0 Å². The molecule has 0 aliphatic carbocycles. The summed E-state index contributed by atoms with van der Waals surface area (Å²) in [4.78, 5) is 12.2. The molecular weight excluding hydrogens is 354 g/mol. The fourth-order valence-corrected chi connectivity index (χ4v) is 3.91. The lowest BCUT2D eigenvalue weighted by Crippen LogP contribution is -1.96. The molecule has 4 aromatic carbocycles. The molecule has 0 saturated carbocycles. The fraction of sp³-hybridized carbons (Fsp3) is 0.0435. The van der Waals surface area contributed by atoms with E-state index in [1.165, 1.54) is 0 Å². The van der Waals surface area contributed by atoms with Crippen LogP contribution in [-0.2, 0) is 0 Å². The predicted octanol–water partition coefficient (Wildman–Crippen LogP) is 6.68. The zero-order valence-corrected chi connectivity index (χ0v) is 15.6. The number of nitro groups is 1. The van der Waals surface area contributed by atoms with Gasteiger partial charge in [-0.05, 0) is 58.1 Å². The van der Waals surface area contributed by atoms with Gasteiger partial charge in [-0.2, -0.15) is 0 Å². The lowest BCUT2D eigenvalue weighted by atomic mass is 9.87. The Morgan fingerprint density at radius 2 is 1.44 bits per heavy atom. The van der Waals surface area contributed by atoms with Crippen LogP contribution in [0.3, 0.4) is 0 Å². The second kappa shape index (κ2) is 6.89. The summed E-state index contributed by atoms with van der Waals surface area (Å²) in [7, 11) is 0. The Labute approximate surface area is 162 Å². The number of rotatable bonds is 3. The van der Waals surface area contributed by atoms with Crippen molar-refractivity contribution in [1.29, 1.82) is 0 Å². The Balaban J connectivity index is 2.16. The molecule has 0 atom stereocenters. The molecule has 0 bridgehead atoms. The number of benzene rings is 4. The van der Waals surface area contributed by atoms with E-state index in [2.05, 4.69) is 25.6 Å². The van der Waals surface area contributed by atoms with E-state index < -0.39 is 0 Å². The van der Waals surface area contributed by atoms with Crippen LogP contribution in [0.5, 0.6) is 0 Å². The molecule has 0 aliphatic rings. The smallest absolute Gasteiger partial charge is 0.258 e. The van der Waals surface area contributed by atoms with Gasteiger partial charge in [0.25, 0.3) is 5.69 Å². The van der Waals surface area contributed by atoms with Crippen LogP contribution >= 0.6 is 12.6 Å². The molecule has 0 saturated heterocycles. The summed E-state index contributed by atoms with van der Waals surface area (Å²) >= 11 is 4.64. The van der Waals surface area contributed by atoms with E-state index in [-0.39, 0.29) is 10.6 Å². The van der Waals surface area contributed by atoms with E-state index in [9.17, 15) is 10.1 Å². The highest BCUT2D eigenvalue weighted by Crippen LogP contribution is 2.43. The molecule has 0 unspecified atom stereocenters. The van der Waals surface area contributed by atoms with E-state index in [4.69, 9.17) is 0 Å². The Morgan fingerprint density at radius 1 is 0.815 bits per heavy atom. The summed E-state index contributed by atoms with van der Waals surface area (Å²) in [6.45, 7) is 2.07. The van der Waals surface area contributed by atoms with E-state index >= 15 is 0 Å². The van der Waals surface area contributed by atoms with Crippen LogP contribution in [-0.4, -0.2) is 4.92 Å². The first-order valence-corrected chi connectivity index (χ1v) is 9.07. The number of nitro benzene ring substituents is 1. The first-order chi connectivity index (χ1) is 13.1. The number of para-hydroxylation sites is 1. The zero-order valence-electron chi connectivity index (χ0n) is 14.7. The standard InChI is InChI=1S/C23H17NO2S/c1-15-17-9-3-2-8-16(17)14-20(18-10-4-6-12-21(18)24(25)26)23(15)19-11-5-7-13-22(19)27/h2-14,27H,1H3. The molecule has 27 heavy (non-hydrogen) atoms. The number of aryl methyl sites for hydroxylation is 1. The van der Waals surface area contributed by atoms with Gasteiger partial charge in [-0.1, -0.05) is 54.6 Å². The average Bonchev–Trinajstić information content (AvgIpc) is 2.69. The number of thiol groups is 1. The molecule has 4 heteroatoms. The van der Waals surface area contributed by atoms with Crippen molar-refractivity contribution in [3.05, 3.63) is 94.5 Å². The van der Waals surface area contributed by atoms with Crippen LogP contribution in [0.2, 0.25) is 0 Å². The van der Waals surface area contributed by atoms with Gasteiger partial charge in [-0.15, -0.1) is 12.6 Å². The van der Waals surface area contributed by atoms with E-state index in [1.54, 1.807) is 12.1 Å². The highest BCUT2D eigenvalue weighted by Gasteiger charge is 2.21. The van der Waals surface area contributed by atoms with Crippen LogP contribution in [0.1, 0.15) is 5.56 Å². The molecule has 0 radical (unpaired) electrons. The molecule has 4 aromatic rings. The highest BCUT2D eigenvalue weighted by atomic mass is 32.1. The first-order valence-electron chi connectivity index (χ1n) is 8.62. The van der Waals surface area contributed by atoms with Crippen molar-refractivity contribution in [3.8, 4) is 22.3 Å². The second-order valence-corrected chi connectivity index (χ2v) is 6.92. The lowest BCUT2D eigenvalue weighted by molar-refractivity contribution is -0.384. The van der Waals surface area contributed by atoms with Crippen molar-refractivity contribution in [2.45, 2.75) is 11.8 Å². The van der Waals surface area contributed by atoms with Crippen molar-refractivity contribution in [2.75, 3.05) is 0 Å². The van der Waals surface area contributed by atoms with Gasteiger partial charge < -0.3 is 0 Å². The van der Waals surface area contributed by atoms with Gasteiger partial charge in [-0.3, -0.25) is 10.1 Å². The topological polar surface area (TPSA) is 43.1 Å². The molecule has 0 spiro atoms. The third kappa shape index (κ3) is 2.98. The molecule has 0 N–H and O–H groups in total. The third-order valence-corrected chi connectivity index (χ3v) is 5.26. The Hall–Kier alpha value is -3.11. The van der Waals surface area contributed by atoms with Gasteiger partial charge >= 0.3 is 0 Å². The summed E-state index contributed by atoms with van der Waals surface area (Å²) in [5, 5.41) is 13.8. The third-order valence-electron chi connectivity index (χ3n) is 4.87. The maximum atomic E-state index is 11.6. The van der Waals surface area contributed by atoms with Gasteiger partial charge in [0.15, 0.2) is 0 Å². The van der Waals surface area contributed by atoms with Crippen LogP contribution < -0.4 is 0 Å². The number of nitrogens with zero attached hydrogens (tertiary/aromatic N) is 1. The van der Waals surface area contributed by atoms with E-state index in [0.29, 0.717) is 5.56 Å². The van der Waals surface area contributed by atoms with Crippen molar-refractivity contribution < 1.29 is 4.92 Å². The Bertz CT molecular complexity index is 1180. The van der Waals surface area contributed by atoms with Crippen LogP contribution in [0.15, 0.2) is 83.8 Å². The minimum Gasteiger partial charge on any atom is -0.258 e. The summed E-state index contributed by atoms with van der Waals surface area (Å²) in [5.41, 5.74) is 4.60. The largest absolute Gasteiger partial charge is 0.277 e. The molecule has 4 rings (SSSR count). The maximum Gasteiger partial charge on any atom is 0.277 e. The zero-order chi connectivity index (χ0) is 19.0. The normalized spacial score (nSPS) is 10.9. The quantitative estimate of drug-likeness (QED) is 0.248. The molecule has 3 nitrogen and oxygen atoms in total. The molecular formula is C23H17NO2S. The van der Waals surface area contributed by atoms with E-state index in [1.807, 2.05) is 60.7 Å². The van der Waals surface area contributed by atoms with Crippen molar-refractivity contribution in [2.24, 2.45) is 0 Å². The van der Waals surface area contributed by atoms with Crippen LogP contribution in [0.4, 0.5) is 5.69 Å². The van der Waals surface area contributed by atoms with Crippen molar-refractivity contribution >= 4 is 29.1 Å². The summed E-state index contributed by atoms with van der Waals surface area (Å²) < 4.78 is 0. The highest BCUT2D eigenvalue weighted by molar-refractivity contribution is 7.80. The van der Waals surface area contributed by atoms with Crippen LogP contribution in [0, 0.1) is 17.0 Å². The summed E-state index contributed by atoms with van der Waals surface area (Å²) in [6.07, 6.45) is 0. The summed E-state index contributed by atoms with van der Waals surface area (Å²) in [5.74, 6) is 0. The average molecular weight is 371 g/mol. The molecule has 0 heterocycles. The first kappa shape index (κ1) is 17.3. The minimum absolute atomic E-state index is 0.102.